The van der Waals surface area contributed by atoms with Crippen LogP contribution in [0, 0.1) is 10.1 Å². The highest BCUT2D eigenvalue weighted by atomic mass is 16.6. The van der Waals surface area contributed by atoms with Crippen molar-refractivity contribution in [2.24, 2.45) is 0 Å². The standard InChI is InChI=1S/C11H12N4O4/c1-6(18-2)10-13-11(19-14-10)8-4-3-7(15(16)17)5-9(8)12/h3-6H,12H2,1-2H3. The molecule has 0 bridgehead atoms. The number of nitrogens with two attached hydrogens (primary N) is 1. The molecule has 0 saturated heterocycles. The summed E-state index contributed by atoms with van der Waals surface area (Å²) in [5, 5.41) is 14.4. The van der Waals surface area contributed by atoms with Crippen molar-refractivity contribution < 1.29 is 14.2 Å². The van der Waals surface area contributed by atoms with Gasteiger partial charge in [-0.05, 0) is 13.0 Å². The molecule has 0 radical (unpaired) electrons. The lowest BCUT2D eigenvalue weighted by Crippen LogP contribution is -1.98. The van der Waals surface area contributed by atoms with Crippen LogP contribution in [0.2, 0.25) is 0 Å². The summed E-state index contributed by atoms with van der Waals surface area (Å²) in [4.78, 5) is 14.2. The van der Waals surface area contributed by atoms with E-state index in [1.165, 1.54) is 25.3 Å². The number of nitro benzene ring substituents is 1. The Hall–Kier alpha value is -2.48. The molecule has 19 heavy (non-hydrogen) atoms. The summed E-state index contributed by atoms with van der Waals surface area (Å²) in [6.45, 7) is 1.77. The number of non-ortho nitro benzene ring substituents is 1. The van der Waals surface area contributed by atoms with Crippen LogP contribution in [-0.2, 0) is 4.74 Å². The Bertz CT molecular complexity index is 610. The number of rotatable bonds is 4. The summed E-state index contributed by atoms with van der Waals surface area (Å²) in [5.74, 6) is 0.585. The summed E-state index contributed by atoms with van der Waals surface area (Å²) in [6, 6.07) is 4.05. The van der Waals surface area contributed by atoms with E-state index < -0.39 is 4.92 Å². The fourth-order valence-electron chi connectivity index (χ4n) is 1.47. The number of nitrogens with zero attached hydrogens (tertiary/aromatic N) is 3. The molecule has 2 N–H and O–H groups in total. The van der Waals surface area contributed by atoms with Crippen molar-refractivity contribution in [3.8, 4) is 11.5 Å². The van der Waals surface area contributed by atoms with E-state index in [0.29, 0.717) is 11.4 Å². The first-order valence-corrected chi connectivity index (χ1v) is 5.43. The van der Waals surface area contributed by atoms with Crippen molar-refractivity contribution in [3.05, 3.63) is 34.1 Å². The minimum absolute atomic E-state index is 0.0914. The highest BCUT2D eigenvalue weighted by Crippen LogP contribution is 2.28. The predicted octanol–water partition coefficient (Wildman–Crippen LogP) is 1.93. The summed E-state index contributed by atoms with van der Waals surface area (Å²) >= 11 is 0. The van der Waals surface area contributed by atoms with Gasteiger partial charge in [-0.15, -0.1) is 0 Å². The zero-order chi connectivity index (χ0) is 14.0. The van der Waals surface area contributed by atoms with E-state index >= 15 is 0 Å². The lowest BCUT2D eigenvalue weighted by Gasteiger charge is -2.01. The maximum atomic E-state index is 10.6. The summed E-state index contributed by atoms with van der Waals surface area (Å²) < 4.78 is 10.1. The highest BCUT2D eigenvalue weighted by Gasteiger charge is 2.17. The molecule has 100 valence electrons. The van der Waals surface area contributed by atoms with Gasteiger partial charge in [0.2, 0.25) is 5.82 Å². The van der Waals surface area contributed by atoms with Crippen molar-refractivity contribution in [2.45, 2.75) is 13.0 Å². The molecule has 8 nitrogen and oxygen atoms in total. The van der Waals surface area contributed by atoms with Crippen LogP contribution in [0.3, 0.4) is 0 Å². The van der Waals surface area contributed by atoms with Gasteiger partial charge in [0, 0.05) is 19.2 Å². The maximum Gasteiger partial charge on any atom is 0.271 e. The van der Waals surface area contributed by atoms with Gasteiger partial charge in [-0.2, -0.15) is 4.98 Å². The second kappa shape index (κ2) is 5.02. The number of methoxy groups -OCH3 is 1. The molecule has 2 rings (SSSR count). The Kier molecular flexibility index (Phi) is 3.43. The Morgan fingerprint density at radius 3 is 2.84 bits per heavy atom. The molecule has 1 unspecified atom stereocenters. The third kappa shape index (κ3) is 2.52. The van der Waals surface area contributed by atoms with Gasteiger partial charge in [-0.25, -0.2) is 0 Å². The van der Waals surface area contributed by atoms with E-state index in [4.69, 9.17) is 15.0 Å². The smallest absolute Gasteiger partial charge is 0.271 e. The molecule has 1 heterocycles. The van der Waals surface area contributed by atoms with Gasteiger partial charge in [0.1, 0.15) is 6.10 Å². The molecule has 2 aromatic rings. The Morgan fingerprint density at radius 2 is 2.26 bits per heavy atom. The van der Waals surface area contributed by atoms with E-state index in [-0.39, 0.29) is 23.4 Å². The first-order chi connectivity index (χ1) is 9.02. The molecule has 1 aromatic carbocycles. The number of anilines is 1. The minimum Gasteiger partial charge on any atom is -0.398 e. The Balaban J connectivity index is 2.37. The van der Waals surface area contributed by atoms with Gasteiger partial charge in [0.05, 0.1) is 16.2 Å². The quantitative estimate of drug-likeness (QED) is 0.509. The number of aromatic nitrogens is 2. The van der Waals surface area contributed by atoms with Crippen molar-refractivity contribution in [1.29, 1.82) is 0 Å². The van der Waals surface area contributed by atoms with Crippen LogP contribution in [0.15, 0.2) is 22.7 Å². The molecular weight excluding hydrogens is 252 g/mol. The highest BCUT2D eigenvalue weighted by molar-refractivity contribution is 5.72. The molecule has 0 saturated carbocycles. The van der Waals surface area contributed by atoms with Gasteiger partial charge in [0.15, 0.2) is 0 Å². The molecule has 0 amide bonds. The third-order valence-corrected chi connectivity index (χ3v) is 2.64. The average molecular weight is 264 g/mol. The molecule has 0 aliphatic heterocycles. The van der Waals surface area contributed by atoms with Crippen molar-refractivity contribution >= 4 is 11.4 Å². The van der Waals surface area contributed by atoms with Crippen LogP contribution >= 0.6 is 0 Å². The van der Waals surface area contributed by atoms with Crippen LogP contribution in [-0.4, -0.2) is 22.2 Å². The van der Waals surface area contributed by atoms with E-state index in [1.807, 2.05) is 0 Å². The van der Waals surface area contributed by atoms with Crippen molar-refractivity contribution in [2.75, 3.05) is 12.8 Å². The molecule has 0 spiro atoms. The molecule has 0 aliphatic carbocycles. The van der Waals surface area contributed by atoms with Crippen LogP contribution in [0.4, 0.5) is 11.4 Å². The van der Waals surface area contributed by atoms with Gasteiger partial charge in [0.25, 0.3) is 11.6 Å². The molecular formula is C11H12N4O4. The largest absolute Gasteiger partial charge is 0.398 e. The second-order valence-electron chi connectivity index (χ2n) is 3.86. The van der Waals surface area contributed by atoms with E-state index in [9.17, 15) is 10.1 Å². The number of benzene rings is 1. The van der Waals surface area contributed by atoms with E-state index in [1.54, 1.807) is 6.92 Å². The van der Waals surface area contributed by atoms with Crippen LogP contribution in [0.25, 0.3) is 11.5 Å². The predicted molar refractivity (Wildman–Crippen MR) is 66.2 cm³/mol. The number of nitrogen functional groups attached to an aromatic ring is 1. The van der Waals surface area contributed by atoms with E-state index in [2.05, 4.69) is 10.1 Å². The average Bonchev–Trinajstić information content (AvgIpc) is 2.87. The molecule has 8 heteroatoms. The van der Waals surface area contributed by atoms with Gasteiger partial charge >= 0.3 is 0 Å². The Morgan fingerprint density at radius 1 is 1.53 bits per heavy atom. The van der Waals surface area contributed by atoms with Crippen molar-refractivity contribution in [1.82, 2.24) is 10.1 Å². The zero-order valence-electron chi connectivity index (χ0n) is 10.4. The monoisotopic (exact) mass is 264 g/mol. The number of hydrogen-bond donors (Lipinski definition) is 1. The van der Waals surface area contributed by atoms with Gasteiger partial charge < -0.3 is 15.0 Å². The Labute approximate surface area is 108 Å². The first-order valence-electron chi connectivity index (χ1n) is 5.43. The third-order valence-electron chi connectivity index (χ3n) is 2.64. The first kappa shape index (κ1) is 13.0. The normalized spacial score (nSPS) is 12.3. The lowest BCUT2D eigenvalue weighted by molar-refractivity contribution is -0.384. The topological polar surface area (TPSA) is 117 Å². The maximum absolute atomic E-state index is 10.6. The second-order valence-corrected chi connectivity index (χ2v) is 3.86. The summed E-state index contributed by atoms with van der Waals surface area (Å²) in [6.07, 6.45) is -0.309. The molecule has 1 atom stereocenters. The van der Waals surface area contributed by atoms with Gasteiger partial charge in [-0.3, -0.25) is 10.1 Å². The zero-order valence-corrected chi connectivity index (χ0v) is 10.4. The SMILES string of the molecule is COC(C)c1noc(-c2ccc([N+](=O)[O-])cc2N)n1. The minimum atomic E-state index is -0.521. The molecule has 1 aromatic heterocycles. The molecule has 0 fully saturated rings. The van der Waals surface area contributed by atoms with Crippen LogP contribution < -0.4 is 5.73 Å². The number of hydrogen-bond acceptors (Lipinski definition) is 7. The van der Waals surface area contributed by atoms with Gasteiger partial charge in [-0.1, -0.05) is 5.16 Å². The van der Waals surface area contributed by atoms with Crippen LogP contribution in [0.5, 0.6) is 0 Å². The summed E-state index contributed by atoms with van der Waals surface area (Å²) in [7, 11) is 1.53. The number of ether oxygens (including phenoxy) is 1. The fraction of sp³-hybridized carbons (Fsp3) is 0.273. The molecule has 0 aliphatic rings. The van der Waals surface area contributed by atoms with Crippen molar-refractivity contribution in [3.63, 3.8) is 0 Å². The van der Waals surface area contributed by atoms with Crippen LogP contribution in [0.1, 0.15) is 18.9 Å². The lowest BCUT2D eigenvalue weighted by atomic mass is 10.1. The summed E-state index contributed by atoms with van der Waals surface area (Å²) in [5.41, 5.74) is 6.31. The fourth-order valence-corrected chi connectivity index (χ4v) is 1.47. The number of nitro groups is 1. The van der Waals surface area contributed by atoms with E-state index in [0.717, 1.165) is 0 Å².